The molecule has 23 heavy (non-hydrogen) atoms. The number of ether oxygens (including phenoxy) is 1. The van der Waals surface area contributed by atoms with Crippen LogP contribution < -0.4 is 0 Å². The summed E-state index contributed by atoms with van der Waals surface area (Å²) in [7, 11) is 0. The molecule has 124 valence electrons. The van der Waals surface area contributed by atoms with E-state index in [4.69, 9.17) is 4.74 Å². The molecule has 0 radical (unpaired) electrons. The third-order valence-electron chi connectivity index (χ3n) is 5.01. The molecule has 1 aliphatic heterocycles. The topological polar surface area (TPSA) is 12.5 Å². The molecule has 1 atom stereocenters. The molecule has 0 N–H and O–H groups in total. The van der Waals surface area contributed by atoms with Crippen LogP contribution >= 0.6 is 0 Å². The lowest BCUT2D eigenvalue weighted by molar-refractivity contribution is 0.356. The number of hydrogen-bond acceptors (Lipinski definition) is 1. The van der Waals surface area contributed by atoms with Crippen LogP contribution in [0.1, 0.15) is 49.3 Å². The lowest BCUT2D eigenvalue weighted by Gasteiger charge is -2.24. The molecule has 1 heterocycles. The maximum absolute atomic E-state index is 14.1. The molecule has 2 aliphatic rings. The standard InChI is InChI=1S/C20H24F2O/c1-2-14-7-9-15(10-8-14)5-3-4-6-16-11-12-17(18-13-23-18)20(22)19(16)21/h2-3,5,11-12,14-15,18H,1,4,6-10,13H2/b5-3+. The summed E-state index contributed by atoms with van der Waals surface area (Å²) in [6, 6.07) is 3.35. The SMILES string of the molecule is C=CC1CCC(/C=C/CCc2ccc(C3CO3)c(F)c2F)CC1. The molecule has 1 unspecified atom stereocenters. The molecule has 3 heteroatoms. The van der Waals surface area contributed by atoms with Gasteiger partial charge in [-0.3, -0.25) is 0 Å². The van der Waals surface area contributed by atoms with Crippen LogP contribution in [-0.4, -0.2) is 6.61 Å². The Hall–Kier alpha value is -1.48. The molecule has 1 aromatic rings. The lowest BCUT2D eigenvalue weighted by atomic mass is 9.82. The minimum absolute atomic E-state index is 0.246. The van der Waals surface area contributed by atoms with E-state index in [9.17, 15) is 8.78 Å². The fourth-order valence-electron chi connectivity index (χ4n) is 3.37. The zero-order valence-electron chi connectivity index (χ0n) is 13.4. The highest BCUT2D eigenvalue weighted by atomic mass is 19.2. The molecule has 1 nitrogen and oxygen atoms in total. The van der Waals surface area contributed by atoms with Crippen LogP contribution in [0.25, 0.3) is 0 Å². The molecular formula is C20H24F2O. The average Bonchev–Trinajstić information content (AvgIpc) is 3.41. The molecule has 0 spiro atoms. The van der Waals surface area contributed by atoms with Gasteiger partial charge in [0.05, 0.1) is 6.61 Å². The Kier molecular flexibility index (Phi) is 5.27. The van der Waals surface area contributed by atoms with Gasteiger partial charge in [0, 0.05) is 5.56 Å². The number of benzene rings is 1. The molecule has 1 saturated carbocycles. The first-order chi connectivity index (χ1) is 11.2. The Morgan fingerprint density at radius 3 is 2.43 bits per heavy atom. The molecule has 0 aromatic heterocycles. The Balaban J connectivity index is 1.50. The second kappa shape index (κ2) is 7.39. The third kappa shape index (κ3) is 4.08. The lowest BCUT2D eigenvalue weighted by Crippen LogP contribution is -2.10. The Bertz CT molecular complexity index is 582. The fraction of sp³-hybridized carbons (Fsp3) is 0.500. The van der Waals surface area contributed by atoms with E-state index in [0.29, 0.717) is 36.0 Å². The van der Waals surface area contributed by atoms with Crippen LogP contribution in [0.15, 0.2) is 36.9 Å². The van der Waals surface area contributed by atoms with Crippen LogP contribution in [-0.2, 0) is 11.2 Å². The highest BCUT2D eigenvalue weighted by Gasteiger charge is 2.29. The molecule has 1 aromatic carbocycles. The van der Waals surface area contributed by atoms with Gasteiger partial charge in [-0.05, 0) is 55.9 Å². The Labute approximate surface area is 137 Å². The highest BCUT2D eigenvalue weighted by molar-refractivity contribution is 5.29. The summed E-state index contributed by atoms with van der Waals surface area (Å²) in [4.78, 5) is 0. The monoisotopic (exact) mass is 318 g/mol. The van der Waals surface area contributed by atoms with E-state index in [0.717, 1.165) is 6.42 Å². The molecular weight excluding hydrogens is 294 g/mol. The quantitative estimate of drug-likeness (QED) is 0.497. The molecule has 1 aliphatic carbocycles. The summed E-state index contributed by atoms with van der Waals surface area (Å²) in [6.07, 6.45) is 12.3. The minimum atomic E-state index is -0.739. The van der Waals surface area contributed by atoms with Gasteiger partial charge in [-0.25, -0.2) is 8.78 Å². The van der Waals surface area contributed by atoms with Crippen molar-refractivity contribution in [2.75, 3.05) is 6.61 Å². The smallest absolute Gasteiger partial charge is 0.164 e. The second-order valence-electron chi connectivity index (χ2n) is 6.64. The Morgan fingerprint density at radius 2 is 1.78 bits per heavy atom. The van der Waals surface area contributed by atoms with Gasteiger partial charge >= 0.3 is 0 Å². The number of hydrogen-bond donors (Lipinski definition) is 0. The molecule has 0 amide bonds. The first-order valence-corrected chi connectivity index (χ1v) is 8.56. The van der Waals surface area contributed by atoms with Gasteiger partial charge in [-0.2, -0.15) is 0 Å². The van der Waals surface area contributed by atoms with E-state index >= 15 is 0 Å². The van der Waals surface area contributed by atoms with Gasteiger partial charge in [0.2, 0.25) is 0 Å². The van der Waals surface area contributed by atoms with Crippen molar-refractivity contribution < 1.29 is 13.5 Å². The second-order valence-corrected chi connectivity index (χ2v) is 6.64. The van der Waals surface area contributed by atoms with Crippen molar-refractivity contribution in [2.24, 2.45) is 11.8 Å². The van der Waals surface area contributed by atoms with Gasteiger partial charge in [-0.1, -0.05) is 30.4 Å². The van der Waals surface area contributed by atoms with Gasteiger partial charge in [0.1, 0.15) is 6.10 Å². The van der Waals surface area contributed by atoms with Crippen molar-refractivity contribution in [3.8, 4) is 0 Å². The zero-order valence-corrected chi connectivity index (χ0v) is 13.4. The zero-order chi connectivity index (χ0) is 16.2. The van der Waals surface area contributed by atoms with Gasteiger partial charge in [-0.15, -0.1) is 6.58 Å². The third-order valence-corrected chi connectivity index (χ3v) is 5.01. The van der Waals surface area contributed by atoms with E-state index in [1.165, 1.54) is 25.7 Å². The number of allylic oxidation sites excluding steroid dienone is 3. The summed E-state index contributed by atoms with van der Waals surface area (Å²) in [5, 5.41) is 0. The minimum Gasteiger partial charge on any atom is -0.368 e. The van der Waals surface area contributed by atoms with Gasteiger partial charge in [0.25, 0.3) is 0 Å². The predicted octanol–water partition coefficient (Wildman–Crippen LogP) is 5.52. The van der Waals surface area contributed by atoms with Crippen LogP contribution in [0.5, 0.6) is 0 Å². The van der Waals surface area contributed by atoms with E-state index < -0.39 is 11.6 Å². The van der Waals surface area contributed by atoms with E-state index in [-0.39, 0.29) is 6.10 Å². The largest absolute Gasteiger partial charge is 0.368 e. The van der Waals surface area contributed by atoms with Crippen molar-refractivity contribution in [1.82, 2.24) is 0 Å². The van der Waals surface area contributed by atoms with Crippen molar-refractivity contribution in [2.45, 2.75) is 44.6 Å². The van der Waals surface area contributed by atoms with Crippen molar-refractivity contribution in [3.63, 3.8) is 0 Å². The molecule has 0 bridgehead atoms. The first kappa shape index (κ1) is 16.4. The van der Waals surface area contributed by atoms with E-state index in [1.54, 1.807) is 12.1 Å². The molecule has 2 fully saturated rings. The van der Waals surface area contributed by atoms with Crippen LogP contribution in [0.3, 0.4) is 0 Å². The maximum Gasteiger partial charge on any atom is 0.164 e. The van der Waals surface area contributed by atoms with E-state index in [2.05, 4.69) is 24.8 Å². The molecule has 1 saturated heterocycles. The average molecular weight is 318 g/mol. The summed E-state index contributed by atoms with van der Waals surface area (Å²) in [6.45, 7) is 4.36. The van der Waals surface area contributed by atoms with Crippen molar-refractivity contribution >= 4 is 0 Å². The summed E-state index contributed by atoms with van der Waals surface area (Å²) in [5.74, 6) is -0.150. The normalized spacial score (nSPS) is 27.3. The van der Waals surface area contributed by atoms with Crippen LogP contribution in [0.4, 0.5) is 8.78 Å². The first-order valence-electron chi connectivity index (χ1n) is 8.56. The summed E-state index contributed by atoms with van der Waals surface area (Å²) >= 11 is 0. The van der Waals surface area contributed by atoms with Gasteiger partial charge in [0.15, 0.2) is 11.6 Å². The number of halogens is 2. The maximum atomic E-state index is 14.1. The van der Waals surface area contributed by atoms with Crippen molar-refractivity contribution in [3.05, 3.63) is 59.7 Å². The molecule has 3 rings (SSSR count). The number of rotatable bonds is 6. The Morgan fingerprint density at radius 1 is 1.09 bits per heavy atom. The highest BCUT2D eigenvalue weighted by Crippen LogP contribution is 2.33. The number of aryl methyl sites for hydroxylation is 1. The van der Waals surface area contributed by atoms with E-state index in [1.807, 2.05) is 0 Å². The van der Waals surface area contributed by atoms with Crippen molar-refractivity contribution in [1.29, 1.82) is 0 Å². The van der Waals surface area contributed by atoms with Gasteiger partial charge < -0.3 is 4.74 Å². The van der Waals surface area contributed by atoms with Crippen LogP contribution in [0, 0.1) is 23.5 Å². The predicted molar refractivity (Wildman–Crippen MR) is 88.2 cm³/mol. The van der Waals surface area contributed by atoms with Crippen LogP contribution in [0.2, 0.25) is 0 Å². The summed E-state index contributed by atoms with van der Waals surface area (Å²) < 4.78 is 33.0. The fourth-order valence-corrected chi connectivity index (χ4v) is 3.37. The summed E-state index contributed by atoms with van der Waals surface area (Å²) in [5.41, 5.74) is 0.799. The number of epoxide rings is 1.